The molecule has 1 rings (SSSR count). The molecule has 0 bridgehead atoms. The highest BCUT2D eigenvalue weighted by atomic mass is 32.1. The molecule has 11 heavy (non-hydrogen) atoms. The van der Waals surface area contributed by atoms with E-state index < -0.39 is 0 Å². The van der Waals surface area contributed by atoms with Crippen LogP contribution in [0.4, 0.5) is 0 Å². The number of nitrogens with zero attached hydrogens (tertiary/aromatic N) is 1. The van der Waals surface area contributed by atoms with E-state index in [1.807, 2.05) is 24.6 Å². The van der Waals surface area contributed by atoms with Gasteiger partial charge in [0.05, 0.1) is 11.7 Å². The van der Waals surface area contributed by atoms with Gasteiger partial charge in [0.25, 0.3) is 0 Å². The van der Waals surface area contributed by atoms with Crippen LogP contribution < -0.4 is 5.32 Å². The molecule has 1 aromatic heterocycles. The molecule has 0 spiro atoms. The fourth-order valence-corrected chi connectivity index (χ4v) is 1.53. The Morgan fingerprint density at radius 3 is 3.18 bits per heavy atom. The molecule has 0 saturated carbocycles. The Labute approximate surface area is 71.1 Å². The van der Waals surface area contributed by atoms with E-state index in [1.165, 1.54) is 11.5 Å². The molecule has 0 aliphatic carbocycles. The van der Waals surface area contributed by atoms with Crippen LogP contribution in [0.25, 0.3) is 0 Å². The number of nitrogens with one attached hydrogen (secondary N) is 1. The van der Waals surface area contributed by atoms with Gasteiger partial charge in [0.15, 0.2) is 0 Å². The van der Waals surface area contributed by atoms with E-state index in [2.05, 4.69) is 16.3 Å². The van der Waals surface area contributed by atoms with E-state index in [0.29, 0.717) is 6.04 Å². The normalized spacial score (nSPS) is 12.8. The highest BCUT2D eigenvalue weighted by molar-refractivity contribution is 7.03. The van der Waals surface area contributed by atoms with Gasteiger partial charge in [-0.2, -0.15) is 4.37 Å². The Kier molecular flexibility index (Phi) is 3.26. The zero-order valence-corrected chi connectivity index (χ0v) is 7.40. The molecule has 1 aromatic rings. The molecule has 60 valence electrons. The quantitative estimate of drug-likeness (QED) is 0.695. The third-order valence-corrected chi connectivity index (χ3v) is 2.14. The Morgan fingerprint density at radius 1 is 1.91 bits per heavy atom. The average Bonchev–Trinajstić information content (AvgIpc) is 2.52. The van der Waals surface area contributed by atoms with Crippen molar-refractivity contribution in [1.82, 2.24) is 9.69 Å². The second kappa shape index (κ2) is 4.26. The van der Waals surface area contributed by atoms with Crippen molar-refractivity contribution < 1.29 is 0 Å². The first-order valence-electron chi connectivity index (χ1n) is 3.57. The summed E-state index contributed by atoms with van der Waals surface area (Å²) in [5.74, 6) is 0. The van der Waals surface area contributed by atoms with Crippen LogP contribution in [0.2, 0.25) is 0 Å². The van der Waals surface area contributed by atoms with Crippen LogP contribution in [0.15, 0.2) is 24.1 Å². The third-order valence-electron chi connectivity index (χ3n) is 1.57. The lowest BCUT2D eigenvalue weighted by atomic mass is 10.1. The van der Waals surface area contributed by atoms with Crippen LogP contribution in [0, 0.1) is 0 Å². The lowest BCUT2D eigenvalue weighted by molar-refractivity contribution is 0.592. The summed E-state index contributed by atoms with van der Waals surface area (Å²) < 4.78 is 4.24. The topological polar surface area (TPSA) is 24.9 Å². The Hall–Kier alpha value is -0.670. The van der Waals surface area contributed by atoms with E-state index >= 15 is 0 Å². The maximum Gasteiger partial charge on any atom is 0.0714 e. The Balaban J connectivity index is 2.62. The number of hydrogen-bond donors (Lipinski definition) is 1. The molecule has 0 saturated heterocycles. The van der Waals surface area contributed by atoms with Crippen LogP contribution >= 0.6 is 11.5 Å². The van der Waals surface area contributed by atoms with Crippen molar-refractivity contribution in [2.75, 3.05) is 7.05 Å². The maximum absolute atomic E-state index is 4.24. The summed E-state index contributed by atoms with van der Waals surface area (Å²) >= 11 is 1.48. The average molecular weight is 168 g/mol. The first-order valence-corrected chi connectivity index (χ1v) is 4.40. The number of hydrogen-bond acceptors (Lipinski definition) is 3. The first kappa shape index (κ1) is 8.43. The van der Waals surface area contributed by atoms with E-state index in [4.69, 9.17) is 0 Å². The fourth-order valence-electron chi connectivity index (χ4n) is 0.955. The van der Waals surface area contributed by atoms with Gasteiger partial charge in [0, 0.05) is 5.38 Å². The Bertz CT molecular complexity index is 206. The minimum atomic E-state index is 0.332. The van der Waals surface area contributed by atoms with Crippen molar-refractivity contribution in [1.29, 1.82) is 0 Å². The molecule has 2 nitrogen and oxygen atoms in total. The van der Waals surface area contributed by atoms with Gasteiger partial charge in [-0.05, 0) is 31.1 Å². The molecule has 0 fully saturated rings. The number of rotatable bonds is 4. The molecule has 1 heterocycles. The lowest BCUT2D eigenvalue weighted by Gasteiger charge is -2.09. The zero-order chi connectivity index (χ0) is 8.10. The minimum Gasteiger partial charge on any atom is -0.311 e. The van der Waals surface area contributed by atoms with Gasteiger partial charge >= 0.3 is 0 Å². The van der Waals surface area contributed by atoms with Crippen LogP contribution in [-0.2, 0) is 0 Å². The summed E-state index contributed by atoms with van der Waals surface area (Å²) in [5, 5.41) is 5.17. The highest BCUT2D eigenvalue weighted by Gasteiger charge is 2.07. The van der Waals surface area contributed by atoms with Crippen molar-refractivity contribution in [3.05, 3.63) is 29.8 Å². The predicted molar refractivity (Wildman–Crippen MR) is 48.7 cm³/mol. The lowest BCUT2D eigenvalue weighted by Crippen LogP contribution is -2.15. The molecule has 0 amide bonds. The molecule has 1 N–H and O–H groups in total. The van der Waals surface area contributed by atoms with Gasteiger partial charge in [0.1, 0.15) is 0 Å². The second-order valence-electron chi connectivity index (χ2n) is 2.29. The molecular weight excluding hydrogens is 156 g/mol. The van der Waals surface area contributed by atoms with Crippen LogP contribution in [0.1, 0.15) is 18.2 Å². The van der Waals surface area contributed by atoms with Crippen LogP contribution in [0.3, 0.4) is 0 Å². The highest BCUT2D eigenvalue weighted by Crippen LogP contribution is 2.15. The van der Waals surface area contributed by atoms with E-state index in [1.54, 1.807) is 0 Å². The van der Waals surface area contributed by atoms with Crippen LogP contribution in [0.5, 0.6) is 0 Å². The SMILES string of the molecule is C=CCC(NC)c1ccsn1. The van der Waals surface area contributed by atoms with Crippen molar-refractivity contribution in [3.63, 3.8) is 0 Å². The smallest absolute Gasteiger partial charge is 0.0714 e. The zero-order valence-electron chi connectivity index (χ0n) is 6.58. The summed E-state index contributed by atoms with van der Waals surface area (Å²) in [6.07, 6.45) is 2.83. The monoisotopic (exact) mass is 168 g/mol. The molecule has 0 aliphatic rings. The molecule has 0 aromatic carbocycles. The Morgan fingerprint density at radius 2 is 2.73 bits per heavy atom. The van der Waals surface area contributed by atoms with Crippen molar-refractivity contribution in [2.24, 2.45) is 0 Å². The van der Waals surface area contributed by atoms with Crippen LogP contribution in [-0.4, -0.2) is 11.4 Å². The van der Waals surface area contributed by atoms with Crippen molar-refractivity contribution in [2.45, 2.75) is 12.5 Å². The van der Waals surface area contributed by atoms with E-state index in [-0.39, 0.29) is 0 Å². The van der Waals surface area contributed by atoms with E-state index in [9.17, 15) is 0 Å². The standard InChI is InChI=1S/C8H12N2S/c1-3-4-7(9-2)8-5-6-11-10-8/h3,5-7,9H,1,4H2,2H3. The third kappa shape index (κ3) is 2.13. The molecule has 3 heteroatoms. The maximum atomic E-state index is 4.24. The summed E-state index contributed by atoms with van der Waals surface area (Å²) in [7, 11) is 1.94. The second-order valence-corrected chi connectivity index (χ2v) is 2.96. The molecular formula is C8H12N2S. The summed E-state index contributed by atoms with van der Waals surface area (Å²) in [5.41, 5.74) is 1.11. The summed E-state index contributed by atoms with van der Waals surface area (Å²) in [6, 6.07) is 2.37. The number of aromatic nitrogens is 1. The predicted octanol–water partition coefficient (Wildman–Crippen LogP) is 1.98. The minimum absolute atomic E-state index is 0.332. The molecule has 0 radical (unpaired) electrons. The fraction of sp³-hybridized carbons (Fsp3) is 0.375. The van der Waals surface area contributed by atoms with Crippen molar-refractivity contribution >= 4 is 11.5 Å². The van der Waals surface area contributed by atoms with Crippen molar-refractivity contribution in [3.8, 4) is 0 Å². The molecule has 1 atom stereocenters. The molecule has 0 aliphatic heterocycles. The molecule has 1 unspecified atom stereocenters. The van der Waals surface area contributed by atoms with Gasteiger partial charge in [-0.1, -0.05) is 6.08 Å². The largest absolute Gasteiger partial charge is 0.311 e. The van der Waals surface area contributed by atoms with Gasteiger partial charge < -0.3 is 5.32 Å². The first-order chi connectivity index (χ1) is 5.38. The summed E-state index contributed by atoms with van der Waals surface area (Å²) in [4.78, 5) is 0. The van der Waals surface area contributed by atoms with Gasteiger partial charge in [-0.15, -0.1) is 6.58 Å². The summed E-state index contributed by atoms with van der Waals surface area (Å²) in [6.45, 7) is 3.69. The van der Waals surface area contributed by atoms with Gasteiger partial charge in [-0.3, -0.25) is 0 Å². The van der Waals surface area contributed by atoms with E-state index in [0.717, 1.165) is 12.1 Å². The van der Waals surface area contributed by atoms with Gasteiger partial charge in [0.2, 0.25) is 0 Å². The van der Waals surface area contributed by atoms with Gasteiger partial charge in [-0.25, -0.2) is 0 Å².